The summed E-state index contributed by atoms with van der Waals surface area (Å²) < 4.78 is 0. The zero-order chi connectivity index (χ0) is 9.40. The van der Waals surface area contributed by atoms with E-state index in [2.05, 4.69) is 13.8 Å². The molecule has 0 saturated carbocycles. The molecule has 0 fully saturated rings. The minimum absolute atomic E-state index is 0.663. The summed E-state index contributed by atoms with van der Waals surface area (Å²) in [7, 11) is 1.79. The summed E-state index contributed by atoms with van der Waals surface area (Å²) in [5.74, 6) is 0.663. The molecule has 0 saturated heterocycles. The van der Waals surface area contributed by atoms with Gasteiger partial charge >= 0.3 is 6.41 Å². The van der Waals surface area contributed by atoms with Crippen molar-refractivity contribution < 1.29 is 4.79 Å². The maximum Gasteiger partial charge on any atom is 0.311 e. The van der Waals surface area contributed by atoms with Crippen molar-refractivity contribution in [3.8, 4) is 0 Å². The van der Waals surface area contributed by atoms with Gasteiger partial charge in [-0.15, -0.1) is 0 Å². The van der Waals surface area contributed by atoms with Gasteiger partial charge in [0.1, 0.15) is 0 Å². The molecule has 2 nitrogen and oxygen atoms in total. The summed E-state index contributed by atoms with van der Waals surface area (Å²) in [5.41, 5.74) is 0. The van der Waals surface area contributed by atoms with Crippen LogP contribution in [0.2, 0.25) is 0 Å². The smallest absolute Gasteiger partial charge is 0.311 e. The van der Waals surface area contributed by atoms with E-state index in [0.29, 0.717) is 5.92 Å². The summed E-state index contributed by atoms with van der Waals surface area (Å²) in [6.45, 7) is 5.24. The summed E-state index contributed by atoms with van der Waals surface area (Å²) in [4.78, 5) is 11.8. The molecule has 0 aromatic rings. The molecule has 0 aromatic heterocycles. The van der Waals surface area contributed by atoms with Crippen LogP contribution < -0.4 is 0 Å². The monoisotopic (exact) mass is 170 g/mol. The third kappa shape index (κ3) is 5.16. The lowest BCUT2D eigenvalue weighted by atomic mass is 9.99. The highest BCUT2D eigenvalue weighted by molar-refractivity contribution is 5.47. The quantitative estimate of drug-likeness (QED) is 0.536. The second-order valence-corrected chi connectivity index (χ2v) is 3.39. The van der Waals surface area contributed by atoms with Gasteiger partial charge in [-0.25, -0.2) is 0 Å². The van der Waals surface area contributed by atoms with Gasteiger partial charge in [0.15, 0.2) is 0 Å². The minimum atomic E-state index is 0.663. The number of unbranched alkanes of at least 4 members (excludes halogenated alkanes) is 1. The van der Waals surface area contributed by atoms with E-state index in [1.165, 1.54) is 19.3 Å². The number of carbonyl (C=O) groups excluding carboxylic acids is 1. The normalized spacial score (nSPS) is 12.6. The summed E-state index contributed by atoms with van der Waals surface area (Å²) in [6, 6.07) is 0. The fourth-order valence-electron chi connectivity index (χ4n) is 1.34. The molecule has 2 heteroatoms. The standard InChI is InChI=1S/C10H20NO/c1-4-6-7-10(5-2)8-11(3)9-12/h10H,4-8H2,1-3H3. The van der Waals surface area contributed by atoms with Gasteiger partial charge in [0.2, 0.25) is 0 Å². The van der Waals surface area contributed by atoms with Crippen LogP contribution >= 0.6 is 0 Å². The zero-order valence-electron chi connectivity index (χ0n) is 8.47. The lowest BCUT2D eigenvalue weighted by molar-refractivity contribution is 0.333. The van der Waals surface area contributed by atoms with Gasteiger partial charge in [-0.2, -0.15) is 0 Å². The van der Waals surface area contributed by atoms with E-state index in [-0.39, 0.29) is 0 Å². The van der Waals surface area contributed by atoms with Crippen molar-refractivity contribution >= 4 is 6.41 Å². The van der Waals surface area contributed by atoms with E-state index >= 15 is 0 Å². The van der Waals surface area contributed by atoms with E-state index in [1.807, 2.05) is 6.41 Å². The van der Waals surface area contributed by atoms with Gasteiger partial charge in [-0.3, -0.25) is 4.79 Å². The van der Waals surface area contributed by atoms with Crippen molar-refractivity contribution in [2.75, 3.05) is 13.6 Å². The first-order valence-corrected chi connectivity index (χ1v) is 4.83. The van der Waals surface area contributed by atoms with Crippen LogP contribution in [0.3, 0.4) is 0 Å². The van der Waals surface area contributed by atoms with Crippen LogP contribution in [0.5, 0.6) is 0 Å². The second-order valence-electron chi connectivity index (χ2n) is 3.39. The summed E-state index contributed by atoms with van der Waals surface area (Å²) in [6.07, 6.45) is 6.79. The Morgan fingerprint density at radius 3 is 2.50 bits per heavy atom. The van der Waals surface area contributed by atoms with Crippen LogP contribution in [0.4, 0.5) is 0 Å². The van der Waals surface area contributed by atoms with Crippen molar-refractivity contribution in [1.29, 1.82) is 0 Å². The molecule has 0 rings (SSSR count). The average Bonchev–Trinajstić information content (AvgIpc) is 2.11. The topological polar surface area (TPSA) is 20.3 Å². The highest BCUT2D eigenvalue weighted by Gasteiger charge is 2.07. The first-order valence-electron chi connectivity index (χ1n) is 4.83. The molecule has 0 N–H and O–H groups in total. The lowest BCUT2D eigenvalue weighted by Crippen LogP contribution is -2.23. The van der Waals surface area contributed by atoms with Gasteiger partial charge in [0.05, 0.1) is 0 Å². The van der Waals surface area contributed by atoms with Crippen molar-refractivity contribution in [2.45, 2.75) is 39.5 Å². The third-order valence-electron chi connectivity index (χ3n) is 2.23. The number of amides is 1. The number of rotatable bonds is 7. The van der Waals surface area contributed by atoms with E-state index in [1.54, 1.807) is 11.9 Å². The van der Waals surface area contributed by atoms with Gasteiger partial charge in [-0.05, 0) is 12.3 Å². The first-order chi connectivity index (χ1) is 5.74. The number of hydrogen-bond acceptors (Lipinski definition) is 1. The molecular formula is C10H20NO. The molecule has 0 aromatic carbocycles. The molecule has 1 amide bonds. The molecular weight excluding hydrogens is 150 g/mol. The SMILES string of the molecule is CCCCC(CC)CN(C)[C]=O. The highest BCUT2D eigenvalue weighted by atomic mass is 16.1. The average molecular weight is 170 g/mol. The minimum Gasteiger partial charge on any atom is -0.337 e. The Morgan fingerprint density at radius 2 is 2.08 bits per heavy atom. The largest absolute Gasteiger partial charge is 0.337 e. The first kappa shape index (κ1) is 11.5. The summed E-state index contributed by atoms with van der Waals surface area (Å²) in [5, 5.41) is 0. The molecule has 0 heterocycles. The molecule has 1 atom stereocenters. The van der Waals surface area contributed by atoms with Crippen molar-refractivity contribution in [3.63, 3.8) is 0 Å². The second kappa shape index (κ2) is 7.14. The maximum absolute atomic E-state index is 10.2. The van der Waals surface area contributed by atoms with E-state index < -0.39 is 0 Å². The predicted octanol–water partition coefficient (Wildman–Crippen LogP) is 2.20. The van der Waals surface area contributed by atoms with Gasteiger partial charge in [-0.1, -0.05) is 33.1 Å². The lowest BCUT2D eigenvalue weighted by Gasteiger charge is -2.18. The van der Waals surface area contributed by atoms with E-state index in [0.717, 1.165) is 13.0 Å². The van der Waals surface area contributed by atoms with Crippen LogP contribution in [0.15, 0.2) is 0 Å². The Labute approximate surface area is 75.9 Å². The van der Waals surface area contributed by atoms with Crippen LogP contribution in [0.25, 0.3) is 0 Å². The molecule has 0 aliphatic heterocycles. The van der Waals surface area contributed by atoms with Crippen LogP contribution in [0.1, 0.15) is 39.5 Å². The van der Waals surface area contributed by atoms with Gasteiger partial charge in [0.25, 0.3) is 0 Å². The molecule has 12 heavy (non-hydrogen) atoms. The Hall–Kier alpha value is -0.530. The molecule has 0 aliphatic rings. The number of hydrogen-bond donors (Lipinski definition) is 0. The van der Waals surface area contributed by atoms with Crippen molar-refractivity contribution in [3.05, 3.63) is 0 Å². The maximum atomic E-state index is 10.2. The zero-order valence-corrected chi connectivity index (χ0v) is 8.47. The molecule has 0 aliphatic carbocycles. The molecule has 1 unspecified atom stereocenters. The Kier molecular flexibility index (Phi) is 6.82. The fourth-order valence-corrected chi connectivity index (χ4v) is 1.34. The van der Waals surface area contributed by atoms with Crippen LogP contribution in [-0.2, 0) is 4.79 Å². The molecule has 1 radical (unpaired) electrons. The van der Waals surface area contributed by atoms with E-state index in [4.69, 9.17) is 0 Å². The molecule has 71 valence electrons. The summed E-state index contributed by atoms with van der Waals surface area (Å²) >= 11 is 0. The van der Waals surface area contributed by atoms with Gasteiger partial charge in [0, 0.05) is 13.6 Å². The van der Waals surface area contributed by atoms with Crippen LogP contribution in [-0.4, -0.2) is 24.9 Å². The number of nitrogens with zero attached hydrogens (tertiary/aromatic N) is 1. The Bertz CT molecular complexity index is 114. The van der Waals surface area contributed by atoms with E-state index in [9.17, 15) is 4.79 Å². The fraction of sp³-hybridized carbons (Fsp3) is 0.900. The van der Waals surface area contributed by atoms with Gasteiger partial charge < -0.3 is 4.90 Å². The Morgan fingerprint density at radius 1 is 1.42 bits per heavy atom. The third-order valence-corrected chi connectivity index (χ3v) is 2.23. The van der Waals surface area contributed by atoms with Crippen molar-refractivity contribution in [1.82, 2.24) is 4.90 Å². The molecule has 0 spiro atoms. The van der Waals surface area contributed by atoms with Crippen molar-refractivity contribution in [2.24, 2.45) is 5.92 Å². The Balaban J connectivity index is 3.58. The van der Waals surface area contributed by atoms with Crippen LogP contribution in [0, 0.1) is 5.92 Å². The highest BCUT2D eigenvalue weighted by Crippen LogP contribution is 2.12. The molecule has 0 bridgehead atoms. The predicted molar refractivity (Wildman–Crippen MR) is 51.6 cm³/mol.